The number of pyridine rings is 1. The highest BCUT2D eigenvalue weighted by molar-refractivity contribution is 5.95. The lowest BCUT2D eigenvalue weighted by atomic mass is 9.97. The molecule has 0 saturated carbocycles. The number of aliphatic imine (C=N–C) groups is 1. The molecule has 1 aromatic carbocycles. The van der Waals surface area contributed by atoms with Crippen LogP contribution in [0.1, 0.15) is 44.2 Å². The van der Waals surface area contributed by atoms with Crippen LogP contribution in [-0.4, -0.2) is 28.1 Å². The Morgan fingerprint density at radius 2 is 2.10 bits per heavy atom. The van der Waals surface area contributed by atoms with Gasteiger partial charge in [-0.05, 0) is 56.0 Å². The van der Waals surface area contributed by atoms with E-state index in [1.54, 1.807) is 18.6 Å². The molecule has 29 heavy (non-hydrogen) atoms. The fourth-order valence-electron chi connectivity index (χ4n) is 2.75. The van der Waals surface area contributed by atoms with E-state index in [0.29, 0.717) is 18.8 Å². The zero-order chi connectivity index (χ0) is 21.1. The molecule has 1 aromatic heterocycles. The van der Waals surface area contributed by atoms with E-state index in [1.165, 1.54) is 0 Å². The number of hydrogen-bond acceptors (Lipinski definition) is 4. The van der Waals surface area contributed by atoms with Gasteiger partial charge in [-0.25, -0.2) is 0 Å². The summed E-state index contributed by atoms with van der Waals surface area (Å²) in [5.74, 6) is -0.414. The molecular formula is C22H25N5O2. The molecule has 0 radical (unpaired) electrons. The lowest BCUT2D eigenvalue weighted by molar-refractivity contribution is -0.137. The largest absolute Gasteiger partial charge is 0.481 e. The second-order valence-corrected chi connectivity index (χ2v) is 6.71. The van der Waals surface area contributed by atoms with Crippen molar-refractivity contribution in [2.45, 2.75) is 39.2 Å². The first-order valence-electron chi connectivity index (χ1n) is 9.42. The van der Waals surface area contributed by atoms with Crippen LogP contribution in [0.2, 0.25) is 0 Å². The Hall–Kier alpha value is -3.66. The molecule has 0 unspecified atom stereocenters. The van der Waals surface area contributed by atoms with Gasteiger partial charge in [-0.1, -0.05) is 24.3 Å². The van der Waals surface area contributed by atoms with Gasteiger partial charge in [-0.15, -0.1) is 4.99 Å². The van der Waals surface area contributed by atoms with E-state index in [1.807, 2.05) is 56.3 Å². The molecule has 0 aliphatic heterocycles. The topological polar surface area (TPSA) is 110 Å². The monoisotopic (exact) mass is 391 g/mol. The highest BCUT2D eigenvalue weighted by atomic mass is 16.4. The van der Waals surface area contributed by atoms with E-state index < -0.39 is 5.97 Å². The van der Waals surface area contributed by atoms with Crippen LogP contribution in [0.4, 0.5) is 5.69 Å². The first-order chi connectivity index (χ1) is 14.0. The number of aromatic nitrogens is 1. The van der Waals surface area contributed by atoms with E-state index in [0.717, 1.165) is 22.4 Å². The molecule has 0 atom stereocenters. The first-order valence-corrected chi connectivity index (χ1v) is 9.42. The van der Waals surface area contributed by atoms with Crippen LogP contribution in [-0.2, 0) is 4.79 Å². The van der Waals surface area contributed by atoms with Gasteiger partial charge in [0.2, 0.25) is 12.2 Å². The maximum absolute atomic E-state index is 10.8. The number of aliphatic carboxylic acids is 1. The van der Waals surface area contributed by atoms with Crippen molar-refractivity contribution in [1.29, 1.82) is 5.26 Å². The molecule has 0 aliphatic carbocycles. The summed E-state index contributed by atoms with van der Waals surface area (Å²) in [6.07, 6.45) is 8.67. The minimum Gasteiger partial charge on any atom is -0.481 e. The van der Waals surface area contributed by atoms with Crippen molar-refractivity contribution in [3.8, 4) is 6.19 Å². The normalized spacial score (nSPS) is 11.8. The van der Waals surface area contributed by atoms with Crippen LogP contribution in [0, 0.1) is 11.5 Å². The van der Waals surface area contributed by atoms with Crippen molar-refractivity contribution in [3.63, 3.8) is 0 Å². The SMILES string of the molecule is CC(C)N/C(=N/C#N)Nc1cccc(/C(=C\CCCC(=O)O)c2cccnc2)c1. The van der Waals surface area contributed by atoms with Gasteiger partial charge in [0.15, 0.2) is 0 Å². The number of nitrogens with one attached hydrogen (secondary N) is 2. The van der Waals surface area contributed by atoms with Gasteiger partial charge < -0.3 is 15.7 Å². The van der Waals surface area contributed by atoms with Crippen molar-refractivity contribution in [1.82, 2.24) is 10.3 Å². The Morgan fingerprint density at radius 3 is 2.76 bits per heavy atom. The Balaban J connectivity index is 2.30. The third-order valence-electron chi connectivity index (χ3n) is 3.94. The van der Waals surface area contributed by atoms with Crippen LogP contribution in [0.25, 0.3) is 5.57 Å². The van der Waals surface area contributed by atoms with Gasteiger partial charge in [0.25, 0.3) is 0 Å². The molecule has 2 aromatic rings. The predicted molar refractivity (Wildman–Crippen MR) is 114 cm³/mol. The quantitative estimate of drug-likeness (QED) is 0.271. The number of guanidine groups is 1. The Kier molecular flexibility index (Phi) is 8.39. The van der Waals surface area contributed by atoms with Crippen molar-refractivity contribution < 1.29 is 9.90 Å². The fourth-order valence-corrected chi connectivity index (χ4v) is 2.75. The van der Waals surface area contributed by atoms with Crippen molar-refractivity contribution >= 4 is 23.2 Å². The van der Waals surface area contributed by atoms with E-state index in [2.05, 4.69) is 20.6 Å². The molecule has 0 saturated heterocycles. The third-order valence-corrected chi connectivity index (χ3v) is 3.94. The molecule has 2 rings (SSSR count). The maximum atomic E-state index is 10.8. The minimum absolute atomic E-state index is 0.123. The fraction of sp³-hybridized carbons (Fsp3) is 0.273. The summed E-state index contributed by atoms with van der Waals surface area (Å²) in [7, 11) is 0. The van der Waals surface area contributed by atoms with Crippen LogP contribution >= 0.6 is 0 Å². The summed E-state index contributed by atoms with van der Waals surface area (Å²) in [6.45, 7) is 3.93. The predicted octanol–water partition coefficient (Wildman–Crippen LogP) is 4.02. The number of anilines is 1. The Labute approximate surface area is 170 Å². The number of unbranched alkanes of at least 4 members (excludes halogenated alkanes) is 1. The van der Waals surface area contributed by atoms with Gasteiger partial charge >= 0.3 is 5.97 Å². The molecule has 0 spiro atoms. The first kappa shape index (κ1) is 21.6. The van der Waals surface area contributed by atoms with E-state index in [4.69, 9.17) is 10.4 Å². The maximum Gasteiger partial charge on any atom is 0.303 e. The summed E-state index contributed by atoms with van der Waals surface area (Å²) in [4.78, 5) is 18.8. The molecule has 7 heteroatoms. The highest BCUT2D eigenvalue weighted by Gasteiger charge is 2.08. The summed E-state index contributed by atoms with van der Waals surface area (Å²) < 4.78 is 0. The number of nitrogens with zero attached hydrogens (tertiary/aromatic N) is 3. The van der Waals surface area contributed by atoms with E-state index >= 15 is 0 Å². The van der Waals surface area contributed by atoms with Crippen LogP contribution in [0.3, 0.4) is 0 Å². The van der Waals surface area contributed by atoms with Gasteiger partial charge in [0, 0.05) is 36.1 Å². The third kappa shape index (κ3) is 7.46. The Morgan fingerprint density at radius 1 is 1.31 bits per heavy atom. The number of nitriles is 1. The Bertz CT molecular complexity index is 914. The van der Waals surface area contributed by atoms with Crippen molar-refractivity contribution in [2.75, 3.05) is 5.32 Å². The average molecular weight is 391 g/mol. The van der Waals surface area contributed by atoms with Crippen molar-refractivity contribution in [2.24, 2.45) is 4.99 Å². The van der Waals surface area contributed by atoms with Gasteiger partial charge in [-0.2, -0.15) is 5.26 Å². The number of allylic oxidation sites excluding steroid dienone is 1. The summed E-state index contributed by atoms with van der Waals surface area (Å²) in [5.41, 5.74) is 3.66. The summed E-state index contributed by atoms with van der Waals surface area (Å²) >= 11 is 0. The lowest BCUT2D eigenvalue weighted by Gasteiger charge is -2.15. The molecule has 150 valence electrons. The van der Waals surface area contributed by atoms with Crippen LogP contribution in [0.5, 0.6) is 0 Å². The number of benzene rings is 1. The van der Waals surface area contributed by atoms with Gasteiger partial charge in [0.05, 0.1) is 0 Å². The lowest BCUT2D eigenvalue weighted by Crippen LogP contribution is -2.35. The van der Waals surface area contributed by atoms with Crippen LogP contribution < -0.4 is 10.6 Å². The number of carboxylic acid groups (broad SMARTS) is 1. The molecule has 0 fully saturated rings. The number of hydrogen-bond donors (Lipinski definition) is 3. The number of rotatable bonds is 8. The molecular weight excluding hydrogens is 366 g/mol. The molecule has 7 nitrogen and oxygen atoms in total. The standard InChI is InChI=1S/C22H25N5O2/c1-16(2)26-22(25-15-23)27-19-9-5-7-17(13-19)20(10-3-4-11-21(28)29)18-8-6-12-24-14-18/h5-10,12-14,16H,3-4,11H2,1-2H3,(H,28,29)(H2,25,26,27)/b20-10+. The second-order valence-electron chi connectivity index (χ2n) is 6.71. The highest BCUT2D eigenvalue weighted by Crippen LogP contribution is 2.26. The van der Waals surface area contributed by atoms with Gasteiger partial charge in [0.1, 0.15) is 0 Å². The molecule has 1 heterocycles. The number of carbonyl (C=O) groups is 1. The van der Waals surface area contributed by atoms with Crippen molar-refractivity contribution in [3.05, 3.63) is 66.0 Å². The number of carboxylic acids is 1. The molecule has 0 aliphatic rings. The van der Waals surface area contributed by atoms with E-state index in [9.17, 15) is 4.79 Å². The summed E-state index contributed by atoms with van der Waals surface area (Å²) in [5, 5.41) is 24.0. The zero-order valence-electron chi connectivity index (χ0n) is 16.6. The zero-order valence-corrected chi connectivity index (χ0v) is 16.6. The minimum atomic E-state index is -0.797. The molecule has 0 bridgehead atoms. The average Bonchev–Trinajstić information content (AvgIpc) is 2.68. The van der Waals surface area contributed by atoms with Crippen LogP contribution in [0.15, 0.2) is 59.9 Å². The van der Waals surface area contributed by atoms with Gasteiger partial charge in [-0.3, -0.25) is 9.78 Å². The molecule has 3 N–H and O–H groups in total. The van der Waals surface area contributed by atoms with E-state index in [-0.39, 0.29) is 12.5 Å². The smallest absolute Gasteiger partial charge is 0.303 e. The molecule has 0 amide bonds. The second kappa shape index (κ2) is 11.2. The summed E-state index contributed by atoms with van der Waals surface area (Å²) in [6, 6.07) is 11.7.